The van der Waals surface area contributed by atoms with E-state index in [4.69, 9.17) is 4.74 Å². The highest BCUT2D eigenvalue weighted by Crippen LogP contribution is 2.48. The Kier molecular flexibility index (Phi) is 5.71. The van der Waals surface area contributed by atoms with Crippen LogP contribution in [0.2, 0.25) is 0 Å². The van der Waals surface area contributed by atoms with Crippen LogP contribution in [0.15, 0.2) is 48.1 Å². The van der Waals surface area contributed by atoms with Crippen LogP contribution < -0.4 is 10.1 Å². The lowest BCUT2D eigenvalue weighted by Gasteiger charge is -2.47. The Balaban J connectivity index is 1.38. The lowest BCUT2D eigenvalue weighted by Crippen LogP contribution is -2.55. The first-order valence-electron chi connectivity index (χ1n) is 10.8. The summed E-state index contributed by atoms with van der Waals surface area (Å²) in [6.07, 6.45) is 7.52. The quantitative estimate of drug-likeness (QED) is 0.392. The normalized spacial score (nSPS) is 20.2. The molecule has 0 bridgehead atoms. The molecular formula is C22H26N8OS. The van der Waals surface area contributed by atoms with Gasteiger partial charge in [-0.1, -0.05) is 12.1 Å². The van der Waals surface area contributed by atoms with Crippen molar-refractivity contribution in [1.82, 2.24) is 40.3 Å². The van der Waals surface area contributed by atoms with Gasteiger partial charge in [-0.2, -0.15) is 9.78 Å². The van der Waals surface area contributed by atoms with Gasteiger partial charge in [-0.3, -0.25) is 4.68 Å². The fraction of sp³-hybridized carbons (Fsp3) is 0.409. The van der Waals surface area contributed by atoms with Gasteiger partial charge in [0, 0.05) is 29.9 Å². The summed E-state index contributed by atoms with van der Waals surface area (Å²) in [4.78, 5) is 4.58. The molecule has 10 heteroatoms. The average Bonchev–Trinajstić information content (AvgIpc) is 3.55. The molecule has 0 radical (unpaired) electrons. The van der Waals surface area contributed by atoms with E-state index in [2.05, 4.69) is 36.3 Å². The minimum absolute atomic E-state index is 0.307. The Morgan fingerprint density at radius 3 is 2.88 bits per heavy atom. The molecule has 32 heavy (non-hydrogen) atoms. The van der Waals surface area contributed by atoms with Crippen LogP contribution in [0.5, 0.6) is 5.75 Å². The Morgan fingerprint density at radius 1 is 1.25 bits per heavy atom. The van der Waals surface area contributed by atoms with Gasteiger partial charge in [0.1, 0.15) is 11.4 Å². The van der Waals surface area contributed by atoms with Gasteiger partial charge >= 0.3 is 0 Å². The molecule has 1 fully saturated rings. The van der Waals surface area contributed by atoms with Crippen molar-refractivity contribution in [3.05, 3.63) is 64.6 Å². The third-order valence-corrected chi connectivity index (χ3v) is 7.00. The number of ether oxygens (including phenoxy) is 1. The number of aryl methyl sites for hydroxylation is 2. The van der Waals surface area contributed by atoms with Crippen molar-refractivity contribution >= 4 is 11.3 Å². The van der Waals surface area contributed by atoms with Crippen molar-refractivity contribution in [2.24, 2.45) is 0 Å². The zero-order valence-electron chi connectivity index (χ0n) is 18.2. The summed E-state index contributed by atoms with van der Waals surface area (Å²) in [5.41, 5.74) is 1.59. The summed E-state index contributed by atoms with van der Waals surface area (Å²) in [6, 6.07) is 10.1. The van der Waals surface area contributed by atoms with Gasteiger partial charge in [-0.05, 0) is 61.4 Å². The second kappa shape index (κ2) is 8.79. The smallest absolute Gasteiger partial charge is 0.177 e. The van der Waals surface area contributed by atoms with Crippen molar-refractivity contribution < 1.29 is 4.74 Å². The lowest BCUT2D eigenvalue weighted by molar-refractivity contribution is 0.0879. The number of hydrogen-bond acceptors (Lipinski definition) is 8. The second-order valence-corrected chi connectivity index (χ2v) is 9.07. The number of benzene rings is 1. The van der Waals surface area contributed by atoms with E-state index in [9.17, 15) is 0 Å². The van der Waals surface area contributed by atoms with Crippen molar-refractivity contribution in [2.45, 2.75) is 44.2 Å². The van der Waals surface area contributed by atoms with Crippen LogP contribution in [-0.4, -0.2) is 48.6 Å². The standard InChI is InChI=1S/C22H26N8OS/c1-16-15-32-20(25-16)9-5-10-23-22(13-17(14-22)29-12-6-11-24-29)21-26-27-28-30(21)18-7-3-4-8-19(18)31-2/h3-4,6-8,11-12,15,17,23H,5,9-10,13-14H2,1-2H3. The van der Waals surface area contributed by atoms with E-state index in [-0.39, 0.29) is 5.54 Å². The number of aromatic nitrogens is 7. The highest BCUT2D eigenvalue weighted by molar-refractivity contribution is 7.09. The highest BCUT2D eigenvalue weighted by Gasteiger charge is 2.50. The molecule has 0 amide bonds. The molecule has 1 aliphatic rings. The molecule has 9 nitrogen and oxygen atoms in total. The molecule has 0 spiro atoms. The first-order valence-corrected chi connectivity index (χ1v) is 11.6. The van der Waals surface area contributed by atoms with E-state index in [0.717, 1.165) is 55.2 Å². The maximum Gasteiger partial charge on any atom is 0.177 e. The molecule has 1 N–H and O–H groups in total. The summed E-state index contributed by atoms with van der Waals surface area (Å²) in [6.45, 7) is 2.89. The first kappa shape index (κ1) is 20.8. The number of thiazole rings is 1. The van der Waals surface area contributed by atoms with Crippen molar-refractivity contribution in [3.8, 4) is 11.4 Å². The maximum atomic E-state index is 5.56. The molecule has 166 valence electrons. The van der Waals surface area contributed by atoms with Gasteiger partial charge in [0.05, 0.1) is 23.7 Å². The predicted molar refractivity (Wildman–Crippen MR) is 121 cm³/mol. The van der Waals surface area contributed by atoms with Gasteiger partial charge in [0.15, 0.2) is 5.82 Å². The SMILES string of the molecule is COc1ccccc1-n1nnnc1C1(NCCCc2nc(C)cs2)CC(n2cccn2)C1. The monoisotopic (exact) mass is 450 g/mol. The summed E-state index contributed by atoms with van der Waals surface area (Å²) >= 11 is 1.73. The number of nitrogens with zero attached hydrogens (tertiary/aromatic N) is 7. The topological polar surface area (TPSA) is 95.6 Å². The summed E-state index contributed by atoms with van der Waals surface area (Å²) < 4.78 is 9.39. The molecule has 0 aliphatic heterocycles. The fourth-order valence-corrected chi connectivity index (χ4v) is 5.19. The van der Waals surface area contributed by atoms with E-state index in [0.29, 0.717) is 6.04 Å². The molecule has 1 aromatic carbocycles. The van der Waals surface area contributed by atoms with Crippen LogP contribution in [-0.2, 0) is 12.0 Å². The predicted octanol–water partition coefficient (Wildman–Crippen LogP) is 3.09. The van der Waals surface area contributed by atoms with Gasteiger partial charge in [-0.15, -0.1) is 16.4 Å². The summed E-state index contributed by atoms with van der Waals surface area (Å²) in [7, 11) is 1.66. The molecule has 3 aromatic heterocycles. The van der Waals surface area contributed by atoms with Crippen molar-refractivity contribution in [3.63, 3.8) is 0 Å². The Labute approximate surface area is 190 Å². The number of hydrogen-bond donors (Lipinski definition) is 1. The average molecular weight is 451 g/mol. The molecule has 0 unspecified atom stereocenters. The van der Waals surface area contributed by atoms with E-state index in [1.54, 1.807) is 23.1 Å². The molecule has 5 rings (SSSR count). The molecular weight excluding hydrogens is 424 g/mol. The van der Waals surface area contributed by atoms with E-state index in [1.807, 2.05) is 54.3 Å². The van der Waals surface area contributed by atoms with E-state index < -0.39 is 0 Å². The number of nitrogens with one attached hydrogen (secondary N) is 1. The minimum Gasteiger partial charge on any atom is -0.494 e. The fourth-order valence-electron chi connectivity index (χ4n) is 4.37. The van der Waals surface area contributed by atoms with E-state index in [1.165, 1.54) is 5.01 Å². The number of tetrazole rings is 1. The zero-order valence-corrected chi connectivity index (χ0v) is 19.0. The maximum absolute atomic E-state index is 5.56. The van der Waals surface area contributed by atoms with E-state index >= 15 is 0 Å². The van der Waals surface area contributed by atoms with Crippen LogP contribution in [0.1, 0.15) is 41.8 Å². The van der Waals surface area contributed by atoms with Crippen molar-refractivity contribution in [2.75, 3.05) is 13.7 Å². The molecule has 0 atom stereocenters. The van der Waals surface area contributed by atoms with Crippen LogP contribution in [0, 0.1) is 6.92 Å². The Morgan fingerprint density at radius 2 is 2.12 bits per heavy atom. The second-order valence-electron chi connectivity index (χ2n) is 8.13. The largest absolute Gasteiger partial charge is 0.494 e. The third kappa shape index (κ3) is 3.91. The minimum atomic E-state index is -0.334. The third-order valence-electron chi connectivity index (χ3n) is 5.98. The molecule has 4 aromatic rings. The molecule has 3 heterocycles. The van der Waals surface area contributed by atoms with Gasteiger partial charge in [0.2, 0.25) is 0 Å². The highest BCUT2D eigenvalue weighted by atomic mass is 32.1. The molecule has 1 saturated carbocycles. The Bertz CT molecular complexity index is 1160. The zero-order chi connectivity index (χ0) is 22.0. The van der Waals surface area contributed by atoms with Gasteiger partial charge in [0.25, 0.3) is 0 Å². The van der Waals surface area contributed by atoms with Crippen LogP contribution in [0.25, 0.3) is 5.69 Å². The first-order chi connectivity index (χ1) is 15.7. The van der Waals surface area contributed by atoms with Crippen LogP contribution >= 0.6 is 11.3 Å². The van der Waals surface area contributed by atoms with Crippen LogP contribution in [0.3, 0.4) is 0 Å². The summed E-state index contributed by atoms with van der Waals surface area (Å²) in [5, 5.41) is 24.3. The lowest BCUT2D eigenvalue weighted by atomic mass is 9.71. The van der Waals surface area contributed by atoms with Gasteiger partial charge in [-0.25, -0.2) is 4.98 Å². The van der Waals surface area contributed by atoms with Gasteiger partial charge < -0.3 is 10.1 Å². The van der Waals surface area contributed by atoms with Crippen LogP contribution in [0.4, 0.5) is 0 Å². The Hall–Kier alpha value is -3.11. The number of para-hydroxylation sites is 2. The molecule has 0 saturated heterocycles. The molecule has 1 aliphatic carbocycles. The number of rotatable bonds is 9. The number of methoxy groups -OCH3 is 1. The summed E-state index contributed by atoms with van der Waals surface area (Å²) in [5.74, 6) is 1.54. The van der Waals surface area contributed by atoms with Crippen molar-refractivity contribution in [1.29, 1.82) is 0 Å².